The van der Waals surface area contributed by atoms with Crippen molar-refractivity contribution in [3.8, 4) is 11.3 Å². The van der Waals surface area contributed by atoms with Gasteiger partial charge in [0.15, 0.2) is 0 Å². The first kappa shape index (κ1) is 19.7. The van der Waals surface area contributed by atoms with Gasteiger partial charge >= 0.3 is 0 Å². The van der Waals surface area contributed by atoms with Crippen molar-refractivity contribution in [1.29, 1.82) is 0 Å². The molecular formula is C24H21N7O. The third kappa shape index (κ3) is 3.35. The molecule has 0 aromatic carbocycles. The van der Waals surface area contributed by atoms with Crippen molar-refractivity contribution in [2.45, 2.75) is 26.3 Å². The summed E-state index contributed by atoms with van der Waals surface area (Å²) in [5.74, 6) is 0.530. The molecule has 32 heavy (non-hydrogen) atoms. The number of aromatic nitrogens is 4. The van der Waals surface area contributed by atoms with E-state index in [1.807, 2.05) is 31.2 Å². The average molecular weight is 423 g/mol. The molecule has 0 spiro atoms. The van der Waals surface area contributed by atoms with Crippen LogP contribution in [-0.4, -0.2) is 31.9 Å². The fourth-order valence-electron chi connectivity index (χ4n) is 4.00. The molecule has 8 nitrogen and oxygen atoms in total. The van der Waals surface area contributed by atoms with Crippen LogP contribution in [0.5, 0.6) is 0 Å². The average Bonchev–Trinajstić information content (AvgIpc) is 3.14. The molecule has 5 heterocycles. The third-order valence-electron chi connectivity index (χ3n) is 5.59. The lowest BCUT2D eigenvalue weighted by molar-refractivity contribution is -0.111. The number of nitrogen functional groups attached to an aromatic ring is 1. The van der Waals surface area contributed by atoms with Crippen LogP contribution in [0.3, 0.4) is 0 Å². The summed E-state index contributed by atoms with van der Waals surface area (Å²) in [5.41, 5.74) is 9.56. The molecule has 4 aromatic rings. The quantitative estimate of drug-likeness (QED) is 0.518. The van der Waals surface area contributed by atoms with E-state index in [2.05, 4.69) is 37.2 Å². The van der Waals surface area contributed by atoms with Crippen LogP contribution in [0.4, 0.5) is 11.6 Å². The van der Waals surface area contributed by atoms with Gasteiger partial charge in [0.25, 0.3) is 5.91 Å². The smallest absolute Gasteiger partial charge is 0.257 e. The van der Waals surface area contributed by atoms with Crippen molar-refractivity contribution >= 4 is 33.9 Å². The number of rotatable bonds is 4. The maximum atomic E-state index is 13.0. The Hall–Kier alpha value is -4.20. The molecule has 0 fully saturated rings. The van der Waals surface area contributed by atoms with E-state index in [4.69, 9.17) is 5.73 Å². The highest BCUT2D eigenvalue weighted by Crippen LogP contribution is 2.29. The summed E-state index contributed by atoms with van der Waals surface area (Å²) in [6.07, 6.45) is 7.70. The van der Waals surface area contributed by atoms with Gasteiger partial charge in [-0.25, -0.2) is 9.97 Å². The number of aryl methyl sites for hydroxylation is 1. The minimum Gasteiger partial charge on any atom is -0.383 e. The summed E-state index contributed by atoms with van der Waals surface area (Å²) in [6.45, 7) is 3.96. The third-order valence-corrected chi connectivity index (χ3v) is 5.59. The van der Waals surface area contributed by atoms with E-state index in [9.17, 15) is 4.79 Å². The number of pyridine rings is 4. The molecule has 1 unspecified atom stereocenters. The molecule has 1 aliphatic heterocycles. The van der Waals surface area contributed by atoms with Crippen LogP contribution in [0.1, 0.15) is 19.4 Å². The second-order valence-electron chi connectivity index (χ2n) is 7.61. The van der Waals surface area contributed by atoms with E-state index in [0.29, 0.717) is 22.6 Å². The van der Waals surface area contributed by atoms with Crippen LogP contribution in [-0.2, 0) is 11.2 Å². The summed E-state index contributed by atoms with van der Waals surface area (Å²) in [5, 5.41) is 5.77. The largest absolute Gasteiger partial charge is 0.383 e. The summed E-state index contributed by atoms with van der Waals surface area (Å²) in [6, 6.07) is 9.11. The molecule has 3 N–H and O–H groups in total. The lowest BCUT2D eigenvalue weighted by Crippen LogP contribution is -2.31. The summed E-state index contributed by atoms with van der Waals surface area (Å²) < 4.78 is 0. The Kier molecular flexibility index (Phi) is 4.82. The van der Waals surface area contributed by atoms with Crippen LogP contribution in [0, 0.1) is 0 Å². The number of nitrogens with zero attached hydrogens (tertiary/aromatic N) is 5. The molecule has 0 bridgehead atoms. The predicted octanol–water partition coefficient (Wildman–Crippen LogP) is 2.04. The van der Waals surface area contributed by atoms with E-state index in [-0.39, 0.29) is 11.9 Å². The molecule has 158 valence electrons. The van der Waals surface area contributed by atoms with E-state index in [1.54, 1.807) is 30.9 Å². The maximum absolute atomic E-state index is 13.0. The van der Waals surface area contributed by atoms with Crippen LogP contribution in [0.2, 0.25) is 0 Å². The van der Waals surface area contributed by atoms with Crippen molar-refractivity contribution in [3.05, 3.63) is 71.4 Å². The molecule has 8 heteroatoms. The molecule has 4 aromatic heterocycles. The number of nitrogens with one attached hydrogen (secondary N) is 1. The Balaban J connectivity index is 1.54. The Bertz CT molecular complexity index is 1500. The molecule has 5 rings (SSSR count). The van der Waals surface area contributed by atoms with Crippen molar-refractivity contribution in [3.63, 3.8) is 0 Å². The monoisotopic (exact) mass is 423 g/mol. The molecular weight excluding hydrogens is 402 g/mol. The highest BCUT2D eigenvalue weighted by atomic mass is 16.1. The molecule has 1 aliphatic rings. The van der Waals surface area contributed by atoms with Gasteiger partial charge in [-0.05, 0) is 54.6 Å². The van der Waals surface area contributed by atoms with Gasteiger partial charge in [0.1, 0.15) is 11.6 Å². The first-order valence-corrected chi connectivity index (χ1v) is 10.4. The van der Waals surface area contributed by atoms with Gasteiger partial charge in [-0.1, -0.05) is 6.92 Å². The highest BCUT2D eigenvalue weighted by Gasteiger charge is 2.23. The van der Waals surface area contributed by atoms with E-state index >= 15 is 0 Å². The first-order chi connectivity index (χ1) is 15.5. The fraction of sp³-hybridized carbons (Fsp3) is 0.167. The molecule has 0 radical (unpaired) electrons. The Morgan fingerprint density at radius 1 is 1.16 bits per heavy atom. The minimum absolute atomic E-state index is 0.270. The van der Waals surface area contributed by atoms with Gasteiger partial charge in [-0.3, -0.25) is 19.8 Å². The minimum atomic E-state index is -0.273. The number of carbonyl (C=O) groups is 1. The van der Waals surface area contributed by atoms with Crippen molar-refractivity contribution in [2.24, 2.45) is 4.99 Å². The topological polar surface area (TPSA) is 119 Å². The maximum Gasteiger partial charge on any atom is 0.257 e. The van der Waals surface area contributed by atoms with Crippen LogP contribution < -0.4 is 21.8 Å². The standard InChI is InChI=1S/C24H21N7O/c1-3-14-6-8-26-11-16(14)19-9-15-10-20(28-12-17(15)23(25)30-19)31-24(32)21-13(2)29-18-5-4-7-27-22(18)21/h4-13H,3H2,1-2H3,(H2,25,30)(H,28,31,32). The second-order valence-corrected chi connectivity index (χ2v) is 7.61. The van der Waals surface area contributed by atoms with Crippen molar-refractivity contribution < 1.29 is 4.79 Å². The predicted molar refractivity (Wildman–Crippen MR) is 123 cm³/mol. The highest BCUT2D eigenvalue weighted by molar-refractivity contribution is 6.21. The van der Waals surface area contributed by atoms with E-state index < -0.39 is 0 Å². The Morgan fingerprint density at radius 2 is 2.03 bits per heavy atom. The molecule has 1 atom stereocenters. The normalized spacial score (nSPS) is 14.8. The fourth-order valence-corrected chi connectivity index (χ4v) is 4.00. The Labute approximate surface area is 184 Å². The van der Waals surface area contributed by atoms with E-state index in [0.717, 1.165) is 39.4 Å². The van der Waals surface area contributed by atoms with Gasteiger partial charge in [0, 0.05) is 35.7 Å². The number of fused-ring (bicyclic) bond motifs is 2. The SMILES string of the molecule is CCc1ccncc1-c1cc2cc(NC(=O)C3=c4ncccc4=NC3C)ncc2c(N)n1. The molecule has 1 amide bonds. The molecule has 0 saturated heterocycles. The molecule has 0 saturated carbocycles. The van der Waals surface area contributed by atoms with Crippen LogP contribution in [0.15, 0.2) is 60.1 Å². The number of amides is 1. The summed E-state index contributed by atoms with van der Waals surface area (Å²) in [4.78, 5) is 35.0. The van der Waals surface area contributed by atoms with E-state index in [1.165, 1.54) is 0 Å². The van der Waals surface area contributed by atoms with Gasteiger partial charge in [0.05, 0.1) is 28.0 Å². The number of nitrogens with two attached hydrogens (primary N) is 1. The van der Waals surface area contributed by atoms with Crippen LogP contribution in [0.25, 0.3) is 27.6 Å². The zero-order chi connectivity index (χ0) is 22.2. The van der Waals surface area contributed by atoms with Gasteiger partial charge < -0.3 is 11.1 Å². The number of hydrogen-bond acceptors (Lipinski definition) is 7. The lowest BCUT2D eigenvalue weighted by atomic mass is 10.0. The van der Waals surface area contributed by atoms with Gasteiger partial charge in [-0.15, -0.1) is 0 Å². The number of hydrogen-bond donors (Lipinski definition) is 2. The van der Waals surface area contributed by atoms with Crippen molar-refractivity contribution in [1.82, 2.24) is 19.9 Å². The lowest BCUT2D eigenvalue weighted by Gasteiger charge is -2.11. The second kappa shape index (κ2) is 7.81. The number of carbonyl (C=O) groups excluding carboxylic acids is 1. The first-order valence-electron chi connectivity index (χ1n) is 10.4. The van der Waals surface area contributed by atoms with Gasteiger partial charge in [0.2, 0.25) is 0 Å². The Morgan fingerprint density at radius 3 is 2.88 bits per heavy atom. The number of anilines is 2. The van der Waals surface area contributed by atoms with Gasteiger partial charge in [-0.2, -0.15) is 0 Å². The van der Waals surface area contributed by atoms with Crippen molar-refractivity contribution in [2.75, 3.05) is 11.1 Å². The summed E-state index contributed by atoms with van der Waals surface area (Å²) >= 11 is 0. The summed E-state index contributed by atoms with van der Waals surface area (Å²) in [7, 11) is 0. The zero-order valence-electron chi connectivity index (χ0n) is 17.7. The zero-order valence-corrected chi connectivity index (χ0v) is 17.7. The molecule has 0 aliphatic carbocycles. The van der Waals surface area contributed by atoms with Crippen LogP contribution >= 0.6 is 0 Å².